The lowest BCUT2D eigenvalue weighted by molar-refractivity contribution is 0.153. The van der Waals surface area contributed by atoms with E-state index in [1.165, 1.54) is 4.90 Å². The number of nitrogens with zero attached hydrogens (tertiary/aromatic N) is 1. The lowest BCUT2D eigenvalue weighted by Crippen LogP contribution is -2.31. The average Bonchev–Trinajstić information content (AvgIpc) is 2.39. The van der Waals surface area contributed by atoms with Gasteiger partial charge in [0.2, 0.25) is 0 Å². The third kappa shape index (κ3) is 5.98. The molecule has 108 valence electrons. The van der Waals surface area contributed by atoms with E-state index in [4.69, 9.17) is 5.11 Å². The maximum atomic E-state index is 12.4. The van der Waals surface area contributed by atoms with Gasteiger partial charge < -0.3 is 15.3 Å². The molecule has 0 atom stereocenters. The van der Waals surface area contributed by atoms with Gasteiger partial charge in [0.05, 0.1) is 13.2 Å². The van der Waals surface area contributed by atoms with Gasteiger partial charge in [-0.05, 0) is 30.7 Å². The molecule has 0 saturated carbocycles. The fourth-order valence-electron chi connectivity index (χ4n) is 1.85. The van der Waals surface area contributed by atoms with E-state index in [1.54, 1.807) is 0 Å². The molecular formula is C14H22F2N2O. The smallest absolute Gasteiger partial charge is 0.255 e. The topological polar surface area (TPSA) is 35.5 Å². The number of rotatable bonds is 9. The summed E-state index contributed by atoms with van der Waals surface area (Å²) in [6.45, 7) is 3.58. The quantitative estimate of drug-likeness (QED) is 0.677. The van der Waals surface area contributed by atoms with Gasteiger partial charge in [0.25, 0.3) is 6.43 Å². The number of benzene rings is 1. The van der Waals surface area contributed by atoms with Crippen molar-refractivity contribution >= 4 is 5.69 Å². The molecule has 3 nitrogen and oxygen atoms in total. The minimum atomic E-state index is -2.41. The van der Waals surface area contributed by atoms with Gasteiger partial charge >= 0.3 is 0 Å². The largest absolute Gasteiger partial charge is 0.395 e. The molecule has 0 aliphatic carbocycles. The molecule has 0 spiro atoms. The first-order valence-electron chi connectivity index (χ1n) is 6.61. The van der Waals surface area contributed by atoms with Crippen LogP contribution in [0.4, 0.5) is 14.5 Å². The van der Waals surface area contributed by atoms with Crippen molar-refractivity contribution in [3.63, 3.8) is 0 Å². The van der Waals surface area contributed by atoms with E-state index in [-0.39, 0.29) is 19.7 Å². The molecule has 0 bridgehead atoms. The summed E-state index contributed by atoms with van der Waals surface area (Å²) in [5.41, 5.74) is 1.84. The van der Waals surface area contributed by atoms with Gasteiger partial charge in [-0.2, -0.15) is 0 Å². The van der Waals surface area contributed by atoms with E-state index in [9.17, 15) is 8.78 Å². The average molecular weight is 272 g/mol. The summed E-state index contributed by atoms with van der Waals surface area (Å²) in [4.78, 5) is 1.49. The summed E-state index contributed by atoms with van der Waals surface area (Å²) in [7, 11) is 0. The van der Waals surface area contributed by atoms with E-state index in [1.807, 2.05) is 24.3 Å². The standard InChI is InChI=1S/C14H22F2N2O/c1-2-7-17-10-12-3-5-13(6-4-12)18(8-9-19)11-14(15)16/h3-6,14,17,19H,2,7-11H2,1H3. The van der Waals surface area contributed by atoms with E-state index >= 15 is 0 Å². The van der Waals surface area contributed by atoms with Crippen LogP contribution >= 0.6 is 0 Å². The highest BCUT2D eigenvalue weighted by Gasteiger charge is 2.12. The minimum Gasteiger partial charge on any atom is -0.395 e. The molecule has 0 unspecified atom stereocenters. The molecule has 0 fully saturated rings. The molecule has 0 aliphatic rings. The van der Waals surface area contributed by atoms with Crippen LogP contribution in [0.25, 0.3) is 0 Å². The van der Waals surface area contributed by atoms with Gasteiger partial charge in [0.1, 0.15) is 0 Å². The minimum absolute atomic E-state index is 0.132. The Labute approximate surface area is 113 Å². The second kappa shape index (κ2) is 8.82. The zero-order valence-corrected chi connectivity index (χ0v) is 11.3. The highest BCUT2D eigenvalue weighted by Crippen LogP contribution is 2.16. The molecule has 2 N–H and O–H groups in total. The number of hydrogen-bond acceptors (Lipinski definition) is 3. The molecule has 0 saturated heterocycles. The Morgan fingerprint density at radius 2 is 1.95 bits per heavy atom. The van der Waals surface area contributed by atoms with Crippen LogP contribution in [-0.4, -0.2) is 37.8 Å². The molecule has 1 aromatic carbocycles. The van der Waals surface area contributed by atoms with Gasteiger partial charge in [0, 0.05) is 18.8 Å². The van der Waals surface area contributed by atoms with Crippen molar-refractivity contribution in [2.75, 3.05) is 31.1 Å². The molecule has 0 aliphatic heterocycles. The Hall–Kier alpha value is -1.20. The van der Waals surface area contributed by atoms with E-state index in [2.05, 4.69) is 12.2 Å². The van der Waals surface area contributed by atoms with Crippen LogP contribution in [-0.2, 0) is 6.54 Å². The monoisotopic (exact) mass is 272 g/mol. The summed E-state index contributed by atoms with van der Waals surface area (Å²) in [6.07, 6.45) is -1.33. The second-order valence-electron chi connectivity index (χ2n) is 4.40. The summed E-state index contributed by atoms with van der Waals surface area (Å²) < 4.78 is 24.9. The molecule has 5 heteroatoms. The zero-order valence-electron chi connectivity index (χ0n) is 11.3. The van der Waals surface area contributed by atoms with Crippen LogP contribution in [0, 0.1) is 0 Å². The lowest BCUT2D eigenvalue weighted by atomic mass is 10.2. The molecule has 0 radical (unpaired) electrons. The highest BCUT2D eigenvalue weighted by molar-refractivity contribution is 5.47. The maximum Gasteiger partial charge on any atom is 0.255 e. The highest BCUT2D eigenvalue weighted by atomic mass is 19.3. The van der Waals surface area contributed by atoms with Crippen molar-refractivity contribution in [2.45, 2.75) is 26.3 Å². The van der Waals surface area contributed by atoms with E-state index < -0.39 is 6.43 Å². The van der Waals surface area contributed by atoms with Crippen molar-refractivity contribution in [3.05, 3.63) is 29.8 Å². The normalized spacial score (nSPS) is 11.0. The molecule has 0 aromatic heterocycles. The third-order valence-electron chi connectivity index (χ3n) is 2.79. The predicted molar refractivity (Wildman–Crippen MR) is 73.7 cm³/mol. The zero-order chi connectivity index (χ0) is 14.1. The summed E-state index contributed by atoms with van der Waals surface area (Å²) in [6, 6.07) is 7.49. The SMILES string of the molecule is CCCNCc1ccc(N(CCO)CC(F)F)cc1. The fourth-order valence-corrected chi connectivity index (χ4v) is 1.85. The van der Waals surface area contributed by atoms with Crippen LogP contribution in [0.1, 0.15) is 18.9 Å². The van der Waals surface area contributed by atoms with Crippen LogP contribution < -0.4 is 10.2 Å². The number of nitrogens with one attached hydrogen (secondary N) is 1. The van der Waals surface area contributed by atoms with Crippen LogP contribution in [0.2, 0.25) is 0 Å². The Morgan fingerprint density at radius 3 is 2.47 bits per heavy atom. The van der Waals surface area contributed by atoms with Crippen molar-refractivity contribution in [1.82, 2.24) is 5.32 Å². The molecule has 1 rings (SSSR count). The Morgan fingerprint density at radius 1 is 1.26 bits per heavy atom. The van der Waals surface area contributed by atoms with Gasteiger partial charge in [0.15, 0.2) is 0 Å². The Balaban J connectivity index is 2.60. The van der Waals surface area contributed by atoms with Gasteiger partial charge in [-0.15, -0.1) is 0 Å². The van der Waals surface area contributed by atoms with Gasteiger partial charge in [-0.1, -0.05) is 19.1 Å². The second-order valence-corrected chi connectivity index (χ2v) is 4.40. The first-order chi connectivity index (χ1) is 9.17. The van der Waals surface area contributed by atoms with E-state index in [0.29, 0.717) is 5.69 Å². The molecule has 19 heavy (non-hydrogen) atoms. The summed E-state index contributed by atoms with van der Waals surface area (Å²) >= 11 is 0. The Bertz CT molecular complexity index is 344. The van der Waals surface area contributed by atoms with Crippen LogP contribution in [0.15, 0.2) is 24.3 Å². The number of aliphatic hydroxyl groups excluding tert-OH is 1. The number of hydrogen-bond donors (Lipinski definition) is 2. The number of halogens is 2. The van der Waals surface area contributed by atoms with Crippen molar-refractivity contribution < 1.29 is 13.9 Å². The summed E-state index contributed by atoms with van der Waals surface area (Å²) in [5.74, 6) is 0. The third-order valence-corrected chi connectivity index (χ3v) is 2.79. The van der Waals surface area contributed by atoms with Crippen LogP contribution in [0.3, 0.4) is 0 Å². The molecule has 1 aromatic rings. The molecular weight excluding hydrogens is 250 g/mol. The lowest BCUT2D eigenvalue weighted by Gasteiger charge is -2.23. The van der Waals surface area contributed by atoms with Crippen molar-refractivity contribution in [1.29, 1.82) is 0 Å². The predicted octanol–water partition coefficient (Wildman–Crippen LogP) is 2.25. The fraction of sp³-hybridized carbons (Fsp3) is 0.571. The van der Waals surface area contributed by atoms with Gasteiger partial charge in [-0.25, -0.2) is 8.78 Å². The molecule has 0 heterocycles. The first kappa shape index (κ1) is 15.9. The number of aliphatic hydroxyl groups is 1. The maximum absolute atomic E-state index is 12.4. The van der Waals surface area contributed by atoms with E-state index in [0.717, 1.165) is 25.1 Å². The summed E-state index contributed by atoms with van der Waals surface area (Å²) in [5, 5.41) is 12.2. The van der Waals surface area contributed by atoms with Gasteiger partial charge in [-0.3, -0.25) is 0 Å². The van der Waals surface area contributed by atoms with Crippen molar-refractivity contribution in [3.8, 4) is 0 Å². The Kier molecular flexibility index (Phi) is 7.36. The number of anilines is 1. The number of alkyl halides is 2. The molecule has 0 amide bonds. The van der Waals surface area contributed by atoms with Crippen molar-refractivity contribution in [2.24, 2.45) is 0 Å². The van der Waals surface area contributed by atoms with Crippen LogP contribution in [0.5, 0.6) is 0 Å². The first-order valence-corrected chi connectivity index (χ1v) is 6.61.